The Morgan fingerprint density at radius 1 is 1.53 bits per heavy atom. The Morgan fingerprint density at radius 3 is 2.67 bits per heavy atom. The Kier molecular flexibility index (Phi) is 4.52. The third-order valence-corrected chi connectivity index (χ3v) is 2.54. The van der Waals surface area contributed by atoms with Gasteiger partial charge in [0.1, 0.15) is 0 Å². The first kappa shape index (κ1) is 12.9. The average Bonchev–Trinajstić information content (AvgIpc) is 2.53. The fourth-order valence-corrected chi connectivity index (χ4v) is 1.77. The quantitative estimate of drug-likeness (QED) is 0.676. The minimum atomic E-state index is -0.800. The van der Waals surface area contributed by atoms with Crippen LogP contribution in [0.1, 0.15) is 27.2 Å². The second-order valence-corrected chi connectivity index (χ2v) is 5.35. The van der Waals surface area contributed by atoms with E-state index in [-0.39, 0.29) is 5.60 Å². The van der Waals surface area contributed by atoms with Crippen LogP contribution in [0.15, 0.2) is 0 Å². The van der Waals surface area contributed by atoms with Gasteiger partial charge in [-0.05, 0) is 53.2 Å². The van der Waals surface area contributed by atoms with Crippen LogP contribution in [0, 0.1) is 5.92 Å². The molecule has 2 N–H and O–H groups in total. The first-order valence-corrected chi connectivity index (χ1v) is 5.65. The molecule has 2 atom stereocenters. The van der Waals surface area contributed by atoms with Gasteiger partial charge >= 0.3 is 0 Å². The van der Waals surface area contributed by atoms with E-state index >= 15 is 0 Å². The van der Waals surface area contributed by atoms with Crippen molar-refractivity contribution in [3.8, 4) is 0 Å². The summed E-state index contributed by atoms with van der Waals surface area (Å²) in [4.78, 5) is 1.86. The van der Waals surface area contributed by atoms with Crippen LogP contribution < -0.4 is 5.32 Å². The first-order valence-electron chi connectivity index (χ1n) is 5.65. The third kappa shape index (κ3) is 4.93. The van der Waals surface area contributed by atoms with Crippen molar-refractivity contribution in [3.05, 3.63) is 0 Å². The predicted molar refractivity (Wildman–Crippen MR) is 60.5 cm³/mol. The van der Waals surface area contributed by atoms with E-state index in [1.807, 2.05) is 32.7 Å². The van der Waals surface area contributed by atoms with Crippen molar-refractivity contribution in [2.24, 2.45) is 5.92 Å². The molecule has 0 radical (unpaired) electrons. The lowest BCUT2D eigenvalue weighted by atomic mass is 10.1. The number of rotatable bonds is 4. The first-order chi connectivity index (χ1) is 6.88. The van der Waals surface area contributed by atoms with Gasteiger partial charge in [-0.25, -0.2) is 0 Å². The minimum absolute atomic E-state index is 0.304. The molecule has 0 aliphatic carbocycles. The van der Waals surface area contributed by atoms with Crippen molar-refractivity contribution in [3.63, 3.8) is 0 Å². The summed E-state index contributed by atoms with van der Waals surface area (Å²) in [5.41, 5.74) is -0.304. The summed E-state index contributed by atoms with van der Waals surface area (Å²) in [7, 11) is 1.90. The molecular formula is C11H24N2O2. The number of aliphatic hydroxyl groups excluding tert-OH is 1. The van der Waals surface area contributed by atoms with Crippen molar-refractivity contribution >= 4 is 0 Å². The smallest absolute Gasteiger partial charge is 0.216 e. The van der Waals surface area contributed by atoms with Crippen LogP contribution in [0.2, 0.25) is 0 Å². The summed E-state index contributed by atoms with van der Waals surface area (Å²) in [6.45, 7) is 8.86. The Bertz CT molecular complexity index is 186. The Labute approximate surface area is 92.6 Å². The van der Waals surface area contributed by atoms with Gasteiger partial charge in [0.15, 0.2) is 0 Å². The molecule has 0 amide bonds. The van der Waals surface area contributed by atoms with Gasteiger partial charge in [0, 0.05) is 6.54 Å². The molecule has 0 aromatic heterocycles. The van der Waals surface area contributed by atoms with E-state index in [0.29, 0.717) is 5.92 Å². The SMILES string of the molecule is CN(C[C@@H]1CCNC1)C(O)OC(C)(C)C. The standard InChI is InChI=1S/C11H24N2O2/c1-11(2,3)15-10(14)13(4)8-9-5-6-12-7-9/h9-10,12,14H,5-8H2,1-4H3/t9-,10?/m1/s1. The zero-order valence-corrected chi connectivity index (χ0v) is 10.3. The number of aliphatic hydroxyl groups is 1. The van der Waals surface area contributed by atoms with Crippen LogP contribution in [0.4, 0.5) is 0 Å². The highest BCUT2D eigenvalue weighted by Crippen LogP contribution is 2.14. The molecule has 1 fully saturated rings. The maximum absolute atomic E-state index is 9.80. The molecule has 0 spiro atoms. The van der Waals surface area contributed by atoms with Crippen LogP contribution in [0.25, 0.3) is 0 Å². The Balaban J connectivity index is 2.28. The van der Waals surface area contributed by atoms with Crippen LogP contribution >= 0.6 is 0 Å². The van der Waals surface area contributed by atoms with Crippen LogP contribution in [0.5, 0.6) is 0 Å². The van der Waals surface area contributed by atoms with E-state index in [0.717, 1.165) is 19.6 Å². The molecule has 0 aromatic rings. The molecule has 1 saturated heterocycles. The van der Waals surface area contributed by atoms with E-state index < -0.39 is 6.41 Å². The van der Waals surface area contributed by atoms with Crippen molar-refractivity contribution in [1.29, 1.82) is 0 Å². The van der Waals surface area contributed by atoms with Crippen LogP contribution in [-0.4, -0.2) is 48.7 Å². The largest absolute Gasteiger partial charge is 0.356 e. The lowest BCUT2D eigenvalue weighted by Crippen LogP contribution is -2.42. The van der Waals surface area contributed by atoms with E-state index in [2.05, 4.69) is 5.32 Å². The fourth-order valence-electron chi connectivity index (χ4n) is 1.77. The Morgan fingerprint density at radius 2 is 2.20 bits per heavy atom. The number of hydrogen-bond acceptors (Lipinski definition) is 4. The summed E-state index contributed by atoms with van der Waals surface area (Å²) in [5, 5.41) is 13.1. The van der Waals surface area contributed by atoms with E-state index in [1.54, 1.807) is 0 Å². The molecule has 90 valence electrons. The second kappa shape index (κ2) is 5.25. The zero-order chi connectivity index (χ0) is 11.5. The molecule has 4 heteroatoms. The monoisotopic (exact) mass is 216 g/mol. The zero-order valence-electron chi connectivity index (χ0n) is 10.3. The molecule has 1 heterocycles. The van der Waals surface area contributed by atoms with Gasteiger partial charge in [-0.2, -0.15) is 0 Å². The molecule has 15 heavy (non-hydrogen) atoms. The highest BCUT2D eigenvalue weighted by Gasteiger charge is 2.23. The van der Waals surface area contributed by atoms with E-state index in [4.69, 9.17) is 4.74 Å². The number of nitrogens with zero attached hydrogens (tertiary/aromatic N) is 1. The predicted octanol–water partition coefficient (Wildman–Crippen LogP) is 0.619. The fraction of sp³-hybridized carbons (Fsp3) is 1.00. The summed E-state index contributed by atoms with van der Waals surface area (Å²) < 4.78 is 5.47. The van der Waals surface area contributed by atoms with Gasteiger partial charge in [0.25, 0.3) is 0 Å². The molecule has 1 aliphatic rings. The molecule has 0 saturated carbocycles. The number of hydrogen-bond donors (Lipinski definition) is 2. The van der Waals surface area contributed by atoms with Gasteiger partial charge in [-0.3, -0.25) is 4.90 Å². The Hall–Kier alpha value is -0.160. The van der Waals surface area contributed by atoms with Crippen molar-refractivity contribution in [1.82, 2.24) is 10.2 Å². The second-order valence-electron chi connectivity index (χ2n) is 5.35. The van der Waals surface area contributed by atoms with Crippen LogP contribution in [-0.2, 0) is 4.74 Å². The van der Waals surface area contributed by atoms with Gasteiger partial charge in [-0.1, -0.05) is 0 Å². The minimum Gasteiger partial charge on any atom is -0.356 e. The van der Waals surface area contributed by atoms with E-state index in [9.17, 15) is 5.11 Å². The van der Waals surface area contributed by atoms with Crippen molar-refractivity contribution in [2.75, 3.05) is 26.7 Å². The lowest BCUT2D eigenvalue weighted by molar-refractivity contribution is -0.234. The number of nitrogens with one attached hydrogen (secondary N) is 1. The maximum atomic E-state index is 9.80. The third-order valence-electron chi connectivity index (χ3n) is 2.54. The molecule has 1 aliphatic heterocycles. The summed E-state index contributed by atoms with van der Waals surface area (Å²) >= 11 is 0. The van der Waals surface area contributed by atoms with Crippen LogP contribution in [0.3, 0.4) is 0 Å². The van der Waals surface area contributed by atoms with Crippen molar-refractivity contribution in [2.45, 2.75) is 39.2 Å². The molecule has 1 rings (SSSR count). The molecule has 4 nitrogen and oxygen atoms in total. The molecule has 0 bridgehead atoms. The normalized spacial score (nSPS) is 24.8. The van der Waals surface area contributed by atoms with Crippen molar-refractivity contribution < 1.29 is 9.84 Å². The maximum Gasteiger partial charge on any atom is 0.216 e. The summed E-state index contributed by atoms with van der Waals surface area (Å²) in [5.74, 6) is 0.633. The lowest BCUT2D eigenvalue weighted by Gasteiger charge is -2.31. The molecule has 0 aromatic carbocycles. The van der Waals surface area contributed by atoms with E-state index in [1.165, 1.54) is 6.42 Å². The van der Waals surface area contributed by atoms with Gasteiger partial charge in [-0.15, -0.1) is 0 Å². The summed E-state index contributed by atoms with van der Waals surface area (Å²) in [6.07, 6.45) is 0.387. The number of ether oxygens (including phenoxy) is 1. The molecular weight excluding hydrogens is 192 g/mol. The van der Waals surface area contributed by atoms with Gasteiger partial charge in [0.2, 0.25) is 6.41 Å². The van der Waals surface area contributed by atoms with Gasteiger partial charge in [0.05, 0.1) is 5.60 Å². The molecule has 1 unspecified atom stereocenters. The highest BCUT2D eigenvalue weighted by molar-refractivity contribution is 4.73. The van der Waals surface area contributed by atoms with Gasteiger partial charge < -0.3 is 15.2 Å². The average molecular weight is 216 g/mol. The highest BCUT2D eigenvalue weighted by atomic mass is 16.6. The summed E-state index contributed by atoms with van der Waals surface area (Å²) in [6, 6.07) is 0. The topological polar surface area (TPSA) is 44.7 Å².